The molecule has 0 aromatic rings. The lowest BCUT2D eigenvalue weighted by molar-refractivity contribution is -0.161. The topological polar surface area (TPSA) is 192 Å². The van der Waals surface area contributed by atoms with Gasteiger partial charge in [0.25, 0.3) is 0 Å². The molecule has 0 spiro atoms. The number of phosphoric ester groups is 1. The van der Waals surface area contributed by atoms with Crippen LogP contribution < -0.4 is 5.73 Å². The first-order chi connectivity index (χ1) is 26.5. The van der Waals surface area contributed by atoms with Crippen molar-refractivity contribution in [2.75, 3.05) is 19.8 Å². The SMILES string of the molecule is CC/C=C\C/C=C\C/C=C\C/C=C\C/C=C\C=C/C(O)CCC(=O)OC[C@H](COP(=O)(O)OC[C@H](N)C(=O)O)OC(=O)CCCCCCC/C=C\CCCC. The number of aliphatic hydroxyl groups excluding tert-OH is 1. The number of aliphatic hydroxyl groups is 1. The van der Waals surface area contributed by atoms with Crippen LogP contribution in [0.1, 0.15) is 123 Å². The molecule has 0 heterocycles. The van der Waals surface area contributed by atoms with Crippen LogP contribution in [0.3, 0.4) is 0 Å². The van der Waals surface area contributed by atoms with Crippen molar-refractivity contribution in [2.45, 2.75) is 141 Å². The van der Waals surface area contributed by atoms with Crippen LogP contribution >= 0.6 is 7.82 Å². The maximum Gasteiger partial charge on any atom is 0.472 e. The quantitative estimate of drug-likeness (QED) is 0.0157. The monoisotopic (exact) mass is 793 g/mol. The number of carbonyl (C=O) groups excluding carboxylic acids is 2. The van der Waals surface area contributed by atoms with Crippen molar-refractivity contribution in [2.24, 2.45) is 5.73 Å². The number of hydrogen-bond donors (Lipinski definition) is 4. The molecule has 0 aromatic carbocycles. The maximum absolute atomic E-state index is 12.5. The average molecular weight is 794 g/mol. The number of allylic oxidation sites excluding steroid dienone is 13. The first kappa shape index (κ1) is 51.6. The third-order valence-corrected chi connectivity index (χ3v) is 8.70. The number of phosphoric acid groups is 1. The Hall–Kier alpha value is -3.38. The second-order valence-electron chi connectivity index (χ2n) is 12.9. The summed E-state index contributed by atoms with van der Waals surface area (Å²) in [5.41, 5.74) is 5.30. The summed E-state index contributed by atoms with van der Waals surface area (Å²) in [5, 5.41) is 19.1. The van der Waals surface area contributed by atoms with Crippen LogP contribution in [0.15, 0.2) is 85.1 Å². The van der Waals surface area contributed by atoms with E-state index in [1.807, 2.05) is 12.2 Å². The summed E-state index contributed by atoms with van der Waals surface area (Å²) in [6, 6.07) is -1.56. The van der Waals surface area contributed by atoms with Gasteiger partial charge in [0, 0.05) is 12.8 Å². The number of unbranched alkanes of at least 4 members (excludes halogenated alkanes) is 7. The summed E-state index contributed by atoms with van der Waals surface area (Å²) < 4.78 is 32.4. The van der Waals surface area contributed by atoms with Gasteiger partial charge in [-0.05, 0) is 64.2 Å². The molecule has 0 radical (unpaired) electrons. The molecule has 0 amide bonds. The molecule has 0 aliphatic rings. The molecule has 4 atom stereocenters. The zero-order valence-electron chi connectivity index (χ0n) is 33.1. The summed E-state index contributed by atoms with van der Waals surface area (Å²) in [6.45, 7) is 2.35. The van der Waals surface area contributed by atoms with E-state index in [1.54, 1.807) is 12.2 Å². The molecule has 312 valence electrons. The van der Waals surface area contributed by atoms with Crippen LogP contribution in [0.25, 0.3) is 0 Å². The van der Waals surface area contributed by atoms with Crippen molar-refractivity contribution in [1.29, 1.82) is 0 Å². The van der Waals surface area contributed by atoms with Crippen LogP contribution in [-0.2, 0) is 37.5 Å². The molecule has 0 saturated carbocycles. The number of carbonyl (C=O) groups is 3. The van der Waals surface area contributed by atoms with Crippen molar-refractivity contribution >= 4 is 25.7 Å². The third kappa shape index (κ3) is 36.0. The molecule has 5 N–H and O–H groups in total. The third-order valence-electron chi connectivity index (χ3n) is 7.74. The van der Waals surface area contributed by atoms with Gasteiger partial charge in [-0.1, -0.05) is 131 Å². The molecule has 0 aliphatic carbocycles. The number of nitrogens with two attached hydrogens (primary N) is 1. The van der Waals surface area contributed by atoms with E-state index in [9.17, 15) is 28.9 Å². The number of rotatable bonds is 35. The van der Waals surface area contributed by atoms with Gasteiger partial charge in [0.05, 0.1) is 19.3 Å². The van der Waals surface area contributed by atoms with E-state index in [0.717, 1.165) is 70.6 Å². The molecular formula is C42H68NO11P. The molecule has 55 heavy (non-hydrogen) atoms. The molecule has 0 rings (SSSR count). The molecular weight excluding hydrogens is 725 g/mol. The fourth-order valence-electron chi connectivity index (χ4n) is 4.56. The van der Waals surface area contributed by atoms with Gasteiger partial charge in [0.15, 0.2) is 6.10 Å². The lowest BCUT2D eigenvalue weighted by Gasteiger charge is -2.20. The number of esters is 2. The predicted octanol–water partition coefficient (Wildman–Crippen LogP) is 8.91. The van der Waals surface area contributed by atoms with Crippen LogP contribution in [-0.4, -0.2) is 71.1 Å². The first-order valence-electron chi connectivity index (χ1n) is 19.7. The highest BCUT2D eigenvalue weighted by molar-refractivity contribution is 7.47. The summed E-state index contributed by atoms with van der Waals surface area (Å²) in [4.78, 5) is 45.8. The Balaban J connectivity index is 4.67. The summed E-state index contributed by atoms with van der Waals surface area (Å²) in [7, 11) is -4.77. The molecule has 0 saturated heterocycles. The number of hydrogen-bond acceptors (Lipinski definition) is 10. The van der Waals surface area contributed by atoms with Crippen LogP contribution in [0, 0.1) is 0 Å². The Morgan fingerprint density at radius 1 is 0.673 bits per heavy atom. The number of carboxylic acid groups (broad SMARTS) is 1. The predicted molar refractivity (Wildman–Crippen MR) is 218 cm³/mol. The van der Waals surface area contributed by atoms with Crippen molar-refractivity contribution in [3.05, 3.63) is 85.1 Å². The molecule has 0 aromatic heterocycles. The Morgan fingerprint density at radius 2 is 1.24 bits per heavy atom. The number of carboxylic acids is 1. The van der Waals surface area contributed by atoms with Gasteiger partial charge < -0.3 is 30.3 Å². The second-order valence-corrected chi connectivity index (χ2v) is 14.3. The maximum atomic E-state index is 12.5. The van der Waals surface area contributed by atoms with E-state index in [0.29, 0.717) is 6.42 Å². The number of ether oxygens (including phenoxy) is 2. The van der Waals surface area contributed by atoms with Gasteiger partial charge >= 0.3 is 25.7 Å². The smallest absolute Gasteiger partial charge is 0.472 e. The minimum atomic E-state index is -4.77. The summed E-state index contributed by atoms with van der Waals surface area (Å²) in [5.74, 6) is -2.71. The lowest BCUT2D eigenvalue weighted by atomic mass is 10.1. The lowest BCUT2D eigenvalue weighted by Crippen LogP contribution is -2.34. The van der Waals surface area contributed by atoms with Crippen molar-refractivity contribution in [3.8, 4) is 0 Å². The second kappa shape index (κ2) is 36.3. The van der Waals surface area contributed by atoms with Gasteiger partial charge in [-0.2, -0.15) is 0 Å². The van der Waals surface area contributed by atoms with E-state index in [-0.39, 0.29) is 19.3 Å². The summed E-state index contributed by atoms with van der Waals surface area (Å²) >= 11 is 0. The standard InChI is InChI=1S/C42H68NO11P/c1-3-5-7-9-11-13-15-16-17-18-19-21-22-24-26-28-30-37(44)32-33-40(45)51-34-38(35-52-55(49,50)53-36-39(43)42(47)48)54-41(46)31-29-27-25-23-20-14-12-10-8-6-4-2/h5,7,10-13,16-17,19,21,24,26,28,30,37-39,44H,3-4,6,8-9,14-15,18,20,22-23,25,27,29,31-36,43H2,1-2H3,(H,47,48)(H,49,50)/b7-5-,12-10-,13-11-,17-16-,21-19-,26-24-,30-28-/t37?,38-,39+/m1/s1. The minimum Gasteiger partial charge on any atom is -0.480 e. The van der Waals surface area contributed by atoms with E-state index in [2.05, 4.69) is 79.1 Å². The number of aliphatic carboxylic acids is 1. The highest BCUT2D eigenvalue weighted by atomic mass is 31.2. The van der Waals surface area contributed by atoms with Crippen molar-refractivity contribution in [1.82, 2.24) is 0 Å². The molecule has 0 aliphatic heterocycles. The molecule has 12 nitrogen and oxygen atoms in total. The van der Waals surface area contributed by atoms with Gasteiger partial charge in [-0.15, -0.1) is 0 Å². The van der Waals surface area contributed by atoms with Crippen molar-refractivity contribution in [3.63, 3.8) is 0 Å². The van der Waals surface area contributed by atoms with Crippen LogP contribution in [0.5, 0.6) is 0 Å². The van der Waals surface area contributed by atoms with Gasteiger partial charge in [-0.25, -0.2) is 4.57 Å². The van der Waals surface area contributed by atoms with E-state index in [4.69, 9.17) is 24.8 Å². The minimum absolute atomic E-state index is 0.0830. The van der Waals surface area contributed by atoms with Gasteiger partial charge in [0.2, 0.25) is 0 Å². The van der Waals surface area contributed by atoms with Crippen molar-refractivity contribution < 1.29 is 52.6 Å². The van der Waals surface area contributed by atoms with E-state index < -0.39 is 63.8 Å². The molecule has 2 unspecified atom stereocenters. The van der Waals surface area contributed by atoms with Crippen LogP contribution in [0.2, 0.25) is 0 Å². The van der Waals surface area contributed by atoms with E-state index in [1.165, 1.54) is 12.8 Å². The fourth-order valence-corrected chi connectivity index (χ4v) is 5.34. The molecule has 13 heteroatoms. The zero-order valence-corrected chi connectivity index (χ0v) is 34.0. The largest absolute Gasteiger partial charge is 0.480 e. The summed E-state index contributed by atoms with van der Waals surface area (Å²) in [6.07, 6.45) is 40.0. The highest BCUT2D eigenvalue weighted by Gasteiger charge is 2.28. The molecule has 0 fully saturated rings. The Bertz CT molecular complexity index is 1270. The highest BCUT2D eigenvalue weighted by Crippen LogP contribution is 2.43. The Morgan fingerprint density at radius 3 is 1.85 bits per heavy atom. The zero-order chi connectivity index (χ0) is 40.8. The first-order valence-corrected chi connectivity index (χ1v) is 21.2. The van der Waals surface area contributed by atoms with E-state index >= 15 is 0 Å². The fraction of sp³-hybridized carbons (Fsp3) is 0.595. The van der Waals surface area contributed by atoms with Crippen LogP contribution in [0.4, 0.5) is 0 Å². The average Bonchev–Trinajstić information content (AvgIpc) is 3.16. The molecule has 0 bridgehead atoms. The van der Waals surface area contributed by atoms with Gasteiger partial charge in [-0.3, -0.25) is 23.4 Å². The van der Waals surface area contributed by atoms with Gasteiger partial charge in [0.1, 0.15) is 12.6 Å². The Kier molecular flexibility index (Phi) is 34.0. The normalized spacial score (nSPS) is 15.3. The Labute approximate surface area is 329 Å².